The van der Waals surface area contributed by atoms with Crippen molar-refractivity contribution in [3.05, 3.63) is 27.4 Å². The Balaban J connectivity index is 1.87. The van der Waals surface area contributed by atoms with Crippen LogP contribution in [0.2, 0.25) is 0 Å². The maximum absolute atomic E-state index is 13.4. The molecule has 204 valence electrons. The lowest BCUT2D eigenvalue weighted by Gasteiger charge is -2.49. The van der Waals surface area contributed by atoms with Crippen LogP contribution < -0.4 is 0 Å². The van der Waals surface area contributed by atoms with Crippen LogP contribution in [0, 0.1) is 12.8 Å². The summed E-state index contributed by atoms with van der Waals surface area (Å²) in [7, 11) is 3.50. The molecule has 1 aromatic rings. The van der Waals surface area contributed by atoms with Crippen molar-refractivity contribution in [2.24, 2.45) is 11.1 Å². The Morgan fingerprint density at radius 1 is 1.29 bits per heavy atom. The highest BCUT2D eigenvalue weighted by molar-refractivity contribution is 14.1. The molecule has 0 spiro atoms. The summed E-state index contributed by atoms with van der Waals surface area (Å²) >= 11 is 3.28. The van der Waals surface area contributed by atoms with E-state index in [-0.39, 0.29) is 29.3 Å². The zero-order chi connectivity index (χ0) is 28.6. The summed E-state index contributed by atoms with van der Waals surface area (Å²) in [5, 5.41) is 5.35. The van der Waals surface area contributed by atoms with Gasteiger partial charge in [-0.3, -0.25) is 18.7 Å². The smallest absolute Gasteiger partial charge is 0.378 e. The summed E-state index contributed by atoms with van der Waals surface area (Å²) in [5.41, 5.74) is -1.83. The summed E-state index contributed by atoms with van der Waals surface area (Å²) < 4.78 is 23.0. The van der Waals surface area contributed by atoms with Gasteiger partial charge in [0.2, 0.25) is 11.5 Å². The van der Waals surface area contributed by atoms with Gasteiger partial charge in [0.25, 0.3) is 0 Å². The normalized spacial score (nSPS) is 22.0. The predicted octanol–water partition coefficient (Wildman–Crippen LogP) is 2.11. The fourth-order valence-electron chi connectivity index (χ4n) is 3.75. The minimum atomic E-state index is -1.56. The summed E-state index contributed by atoms with van der Waals surface area (Å²) in [6.45, 7) is 9.78. The van der Waals surface area contributed by atoms with Gasteiger partial charge in [-0.1, -0.05) is 27.7 Å². The molecular formula is C23H27BIN3O8S2. The first-order valence-electron chi connectivity index (χ1n) is 11.5. The molecule has 2 aliphatic rings. The standard InChI is InChI=1S/C23H27BIN3O8S2/c1-11-26-14(9-37-11)16(27-36-23(5,6)21(32)34-22(2,3)4)15(29)7-13-18(30)28-17(20(31)35-24)12(8-25)10-38(33)19(13)28/h9,13,19H,7-8,10H2,1-6H3/b27-16-/t13-,19-,38?/m1/s1. The van der Waals surface area contributed by atoms with E-state index in [1.807, 2.05) is 22.6 Å². The number of ether oxygens (including phenoxy) is 1. The van der Waals surface area contributed by atoms with Gasteiger partial charge >= 0.3 is 20.0 Å². The van der Waals surface area contributed by atoms with E-state index in [9.17, 15) is 23.4 Å². The predicted molar refractivity (Wildman–Crippen MR) is 149 cm³/mol. The number of thiazole rings is 1. The van der Waals surface area contributed by atoms with Crippen LogP contribution in [0.1, 0.15) is 51.7 Å². The lowest BCUT2D eigenvalue weighted by Crippen LogP contribution is -2.66. The molecule has 2 aliphatic heterocycles. The molecule has 3 atom stereocenters. The second kappa shape index (κ2) is 11.5. The first-order chi connectivity index (χ1) is 17.6. The summed E-state index contributed by atoms with van der Waals surface area (Å²) in [6, 6.07) is 0. The number of amides is 1. The molecule has 1 saturated heterocycles. The topological polar surface area (TPSA) is 142 Å². The van der Waals surface area contributed by atoms with Crippen molar-refractivity contribution in [3.63, 3.8) is 0 Å². The van der Waals surface area contributed by atoms with E-state index in [0.717, 1.165) is 4.90 Å². The number of carbonyl (C=O) groups is 4. The number of aromatic nitrogens is 1. The number of esters is 1. The van der Waals surface area contributed by atoms with E-state index >= 15 is 0 Å². The first-order valence-corrected chi connectivity index (χ1v) is 15.2. The van der Waals surface area contributed by atoms with Crippen LogP contribution in [-0.2, 0) is 44.2 Å². The quantitative estimate of drug-likeness (QED) is 0.0732. The van der Waals surface area contributed by atoms with Crippen molar-refractivity contribution in [3.8, 4) is 0 Å². The van der Waals surface area contributed by atoms with Gasteiger partial charge in [0.05, 0.1) is 10.9 Å². The Morgan fingerprint density at radius 3 is 2.47 bits per heavy atom. The van der Waals surface area contributed by atoms with E-state index in [4.69, 9.17) is 17.6 Å². The van der Waals surface area contributed by atoms with Crippen LogP contribution in [0.3, 0.4) is 0 Å². The monoisotopic (exact) mass is 675 g/mol. The number of alkyl halides is 1. The van der Waals surface area contributed by atoms with Crippen molar-refractivity contribution >= 4 is 82.1 Å². The molecule has 1 unspecified atom stereocenters. The van der Waals surface area contributed by atoms with Gasteiger partial charge in [0.15, 0.2) is 11.5 Å². The Labute approximate surface area is 241 Å². The molecule has 0 N–H and O–H groups in total. The van der Waals surface area contributed by atoms with Crippen LogP contribution >= 0.6 is 33.9 Å². The number of halogens is 1. The van der Waals surface area contributed by atoms with E-state index < -0.39 is 56.9 Å². The van der Waals surface area contributed by atoms with Crippen LogP contribution in [0.4, 0.5) is 0 Å². The third-order valence-electron chi connectivity index (χ3n) is 5.56. The zero-order valence-electron chi connectivity index (χ0n) is 21.7. The number of aryl methyl sites for hydroxylation is 1. The summed E-state index contributed by atoms with van der Waals surface area (Å²) in [4.78, 5) is 62.3. The van der Waals surface area contributed by atoms with E-state index in [1.165, 1.54) is 25.2 Å². The van der Waals surface area contributed by atoms with Gasteiger partial charge in [0, 0.05) is 32.8 Å². The highest BCUT2D eigenvalue weighted by Gasteiger charge is 2.57. The fourth-order valence-corrected chi connectivity index (χ4v) is 7.12. The lowest BCUT2D eigenvalue weighted by atomic mass is 9.89. The van der Waals surface area contributed by atoms with E-state index in [1.54, 1.807) is 33.1 Å². The van der Waals surface area contributed by atoms with Gasteiger partial charge in [-0.05, 0) is 47.1 Å². The lowest BCUT2D eigenvalue weighted by molar-refractivity contribution is -0.179. The van der Waals surface area contributed by atoms with Crippen molar-refractivity contribution in [1.82, 2.24) is 9.88 Å². The van der Waals surface area contributed by atoms with Gasteiger partial charge in [-0.25, -0.2) is 14.6 Å². The molecule has 0 aliphatic carbocycles. The zero-order valence-corrected chi connectivity index (χ0v) is 25.5. The van der Waals surface area contributed by atoms with Crippen molar-refractivity contribution in [2.45, 2.75) is 64.5 Å². The highest BCUT2D eigenvalue weighted by atomic mass is 127. The summed E-state index contributed by atoms with van der Waals surface area (Å²) in [6.07, 6.45) is -0.359. The Kier molecular flexibility index (Phi) is 9.23. The molecular weight excluding hydrogens is 648 g/mol. The molecule has 1 aromatic heterocycles. The number of hydrogen-bond donors (Lipinski definition) is 0. The Morgan fingerprint density at radius 2 is 1.95 bits per heavy atom. The Bertz CT molecular complexity index is 1250. The van der Waals surface area contributed by atoms with E-state index in [0.29, 0.717) is 15.0 Å². The average molecular weight is 675 g/mol. The maximum Gasteiger partial charge on any atom is 0.378 e. The number of β-lactam (4-membered cyclic amide) rings is 1. The number of fused-ring (bicyclic) bond motifs is 1. The molecule has 2 radical (unpaired) electrons. The molecule has 1 fully saturated rings. The largest absolute Gasteiger partial charge is 0.539 e. The number of Topliss-reactive ketones (excluding diaryl/α,β-unsaturated/α-hetero) is 1. The van der Waals surface area contributed by atoms with Crippen LogP contribution in [0.25, 0.3) is 0 Å². The maximum atomic E-state index is 13.4. The van der Waals surface area contributed by atoms with Crippen molar-refractivity contribution in [2.75, 3.05) is 10.2 Å². The van der Waals surface area contributed by atoms with Gasteiger partial charge in [0.1, 0.15) is 22.4 Å². The van der Waals surface area contributed by atoms with Crippen molar-refractivity contribution in [1.29, 1.82) is 0 Å². The number of oxime groups is 1. The average Bonchev–Trinajstić information content (AvgIpc) is 3.25. The number of ketones is 1. The molecule has 11 nitrogen and oxygen atoms in total. The Hall–Kier alpha value is -2.14. The van der Waals surface area contributed by atoms with Gasteiger partial charge in [-0.2, -0.15) is 0 Å². The van der Waals surface area contributed by atoms with Crippen LogP contribution in [0.5, 0.6) is 0 Å². The van der Waals surface area contributed by atoms with Gasteiger partial charge < -0.3 is 14.2 Å². The molecule has 3 rings (SSSR count). The number of hydrogen-bond acceptors (Lipinski definition) is 11. The molecule has 15 heteroatoms. The number of rotatable bonds is 9. The molecule has 3 heterocycles. The summed E-state index contributed by atoms with van der Waals surface area (Å²) in [5.74, 6) is -3.67. The molecule has 0 bridgehead atoms. The third kappa shape index (κ3) is 6.36. The third-order valence-corrected chi connectivity index (χ3v) is 8.97. The van der Waals surface area contributed by atoms with Crippen LogP contribution in [-0.4, -0.2) is 78.2 Å². The highest BCUT2D eigenvalue weighted by Crippen LogP contribution is 2.41. The van der Waals surface area contributed by atoms with E-state index in [2.05, 4.69) is 14.8 Å². The number of carbonyl (C=O) groups excluding carboxylic acids is 4. The molecule has 0 saturated carbocycles. The fraction of sp³-hybridized carbons (Fsp3) is 0.565. The number of nitrogens with zero attached hydrogens (tertiary/aromatic N) is 3. The molecule has 1 amide bonds. The first kappa shape index (κ1) is 30.4. The van der Waals surface area contributed by atoms with Crippen molar-refractivity contribution < 1.29 is 37.6 Å². The minimum absolute atomic E-state index is 0.0355. The SMILES string of the molecule is [B]OC(=O)C1=C(CI)CS(=O)[C@@H]2[C@H](CC(=O)/C(=N\OC(C)(C)C(=O)OC(C)(C)C)c3csc(C)n3)C(=O)N12. The second-order valence-electron chi connectivity index (χ2n) is 10.1. The van der Waals surface area contributed by atoms with Crippen LogP contribution in [0.15, 0.2) is 21.8 Å². The minimum Gasteiger partial charge on any atom is -0.539 e. The van der Waals surface area contributed by atoms with Gasteiger partial charge in [-0.15, -0.1) is 11.3 Å². The molecule has 38 heavy (non-hydrogen) atoms. The second-order valence-corrected chi connectivity index (χ2v) is 13.5. The molecule has 0 aromatic carbocycles.